The molecule has 1 aromatic heterocycles. The average Bonchev–Trinajstić information content (AvgIpc) is 3.63. The number of benzene rings is 1. The Morgan fingerprint density at radius 3 is 2.52 bits per heavy atom. The smallest absolute Gasteiger partial charge is 0.319 e. The number of hydrogen-bond acceptors (Lipinski definition) is 8. The number of anilines is 2. The van der Waals surface area contributed by atoms with Crippen molar-refractivity contribution in [1.82, 2.24) is 20.4 Å². The fraction of sp³-hybridized carbons (Fsp3) is 0.345. The number of piperidine rings is 1. The molecule has 1 fully saturated rings. The minimum absolute atomic E-state index is 0.158. The molecule has 0 saturated carbocycles. The Morgan fingerprint density at radius 2 is 1.80 bits per heavy atom. The molecular weight excluding hydrogens is 612 g/mol. The van der Waals surface area contributed by atoms with E-state index < -0.39 is 18.0 Å². The van der Waals surface area contributed by atoms with Gasteiger partial charge in [-0.3, -0.25) is 39.0 Å². The number of nitrogens with zero attached hydrogens (tertiary/aromatic N) is 2. The molecule has 1 aromatic carbocycles. The zero-order chi connectivity index (χ0) is 31.4. The van der Waals surface area contributed by atoms with E-state index >= 15 is 0 Å². The summed E-state index contributed by atoms with van der Waals surface area (Å²) in [5, 5.41) is 12.4. The van der Waals surface area contributed by atoms with Crippen molar-refractivity contribution in [3.05, 3.63) is 56.8 Å². The van der Waals surface area contributed by atoms with Crippen molar-refractivity contribution in [2.24, 2.45) is 0 Å². The number of carbonyl (C=O) groups is 7. The number of carbonyl (C=O) groups excluding carboxylic acids is 7. The molecule has 0 radical (unpaired) electrons. The molecule has 0 bridgehead atoms. The van der Waals surface area contributed by atoms with Gasteiger partial charge in [0.05, 0.1) is 22.8 Å². The van der Waals surface area contributed by atoms with Crippen LogP contribution in [0.1, 0.15) is 59.3 Å². The second-order valence-corrected chi connectivity index (χ2v) is 11.8. The maximum absolute atomic E-state index is 12.9. The molecule has 15 heteroatoms. The highest BCUT2D eigenvalue weighted by Crippen LogP contribution is 2.34. The zero-order valence-corrected chi connectivity index (χ0v) is 25.0. The fourth-order valence-electron chi connectivity index (χ4n) is 5.18. The van der Waals surface area contributed by atoms with Gasteiger partial charge < -0.3 is 20.9 Å². The van der Waals surface area contributed by atoms with E-state index in [-0.39, 0.29) is 66.9 Å². The first-order chi connectivity index (χ1) is 21.1. The summed E-state index contributed by atoms with van der Waals surface area (Å²) in [6.45, 7) is 0.702. The van der Waals surface area contributed by atoms with Crippen LogP contribution < -0.4 is 21.3 Å². The predicted molar refractivity (Wildman–Crippen MR) is 161 cm³/mol. The van der Waals surface area contributed by atoms with Crippen LogP contribution in [0.5, 0.6) is 0 Å². The lowest BCUT2D eigenvalue weighted by Gasteiger charge is -2.29. The SMILES string of the molecule is O=C1CCC(N2Cc3c(csc3CNC(=O)Nc3ccc(NC(=O)CCCCCN4C(=O)C=CC4=O)c(Cl)c3)C2=O)C(=O)N1. The van der Waals surface area contributed by atoms with Crippen LogP contribution in [0, 0.1) is 0 Å². The Bertz CT molecular complexity index is 1570. The maximum atomic E-state index is 12.9. The van der Waals surface area contributed by atoms with E-state index in [2.05, 4.69) is 21.3 Å². The van der Waals surface area contributed by atoms with Crippen molar-refractivity contribution in [3.63, 3.8) is 0 Å². The zero-order valence-electron chi connectivity index (χ0n) is 23.4. The molecule has 0 aliphatic carbocycles. The minimum Gasteiger partial charge on any atom is -0.333 e. The summed E-state index contributed by atoms with van der Waals surface area (Å²) in [6, 6.07) is 3.48. The normalized spacial score (nSPS) is 17.7. The summed E-state index contributed by atoms with van der Waals surface area (Å²) in [4.78, 5) is 88.1. The maximum Gasteiger partial charge on any atom is 0.319 e. The number of unbranched alkanes of at least 4 members (excludes halogenated alkanes) is 2. The van der Waals surface area contributed by atoms with Crippen LogP contribution in [-0.2, 0) is 37.1 Å². The van der Waals surface area contributed by atoms with Gasteiger partial charge in [0.1, 0.15) is 6.04 Å². The summed E-state index contributed by atoms with van der Waals surface area (Å²) < 4.78 is 0. The van der Waals surface area contributed by atoms with Gasteiger partial charge in [-0.05, 0) is 43.0 Å². The number of hydrogen-bond donors (Lipinski definition) is 4. The molecule has 4 heterocycles. The standard InChI is InChI=1S/C29H29ClN6O7S/c30-19-12-16(5-6-20(19)33-23(37)4-2-1-3-11-35-25(39)9-10-26(35)40)32-29(43)31-13-22-17-14-36(28(42)18(17)15-44-22)21-7-8-24(38)34-27(21)41/h5-6,9-10,12,15,21H,1-4,7-8,11,13-14H2,(H,33,37)(H2,31,32,43)(H,34,38,41). The molecule has 44 heavy (non-hydrogen) atoms. The number of urea groups is 1. The molecule has 230 valence electrons. The van der Waals surface area contributed by atoms with Crippen molar-refractivity contribution in [2.45, 2.75) is 57.7 Å². The van der Waals surface area contributed by atoms with Crippen LogP contribution in [0.15, 0.2) is 35.7 Å². The quantitative estimate of drug-likeness (QED) is 0.216. The van der Waals surface area contributed by atoms with E-state index in [1.807, 2.05) is 0 Å². The van der Waals surface area contributed by atoms with Crippen LogP contribution in [0.4, 0.5) is 16.2 Å². The highest BCUT2D eigenvalue weighted by molar-refractivity contribution is 7.10. The van der Waals surface area contributed by atoms with Gasteiger partial charge in [0.2, 0.25) is 17.7 Å². The lowest BCUT2D eigenvalue weighted by Crippen LogP contribution is -2.52. The van der Waals surface area contributed by atoms with Gasteiger partial charge in [0.15, 0.2) is 0 Å². The first kappa shape index (κ1) is 30.9. The van der Waals surface area contributed by atoms with Gasteiger partial charge in [0, 0.05) is 54.0 Å². The van der Waals surface area contributed by atoms with E-state index in [4.69, 9.17) is 11.6 Å². The van der Waals surface area contributed by atoms with Crippen LogP contribution in [0.3, 0.4) is 0 Å². The Hall–Kier alpha value is -4.56. The molecule has 3 aliphatic heterocycles. The van der Waals surface area contributed by atoms with Crippen LogP contribution in [0.2, 0.25) is 5.02 Å². The third-order valence-electron chi connectivity index (χ3n) is 7.48. The molecule has 8 amide bonds. The summed E-state index contributed by atoms with van der Waals surface area (Å²) in [6.07, 6.45) is 5.01. The summed E-state index contributed by atoms with van der Waals surface area (Å²) in [7, 11) is 0. The number of fused-ring (bicyclic) bond motifs is 1. The largest absolute Gasteiger partial charge is 0.333 e. The van der Waals surface area contributed by atoms with Gasteiger partial charge in [-0.2, -0.15) is 0 Å². The molecule has 3 aliphatic rings. The second-order valence-electron chi connectivity index (χ2n) is 10.5. The van der Waals surface area contributed by atoms with E-state index in [9.17, 15) is 33.6 Å². The lowest BCUT2D eigenvalue weighted by atomic mass is 10.0. The second kappa shape index (κ2) is 13.4. The molecular formula is C29H29ClN6O7S. The molecule has 1 unspecified atom stereocenters. The minimum atomic E-state index is -0.706. The Morgan fingerprint density at radius 1 is 1.02 bits per heavy atom. The molecule has 0 spiro atoms. The third kappa shape index (κ3) is 6.97. The van der Waals surface area contributed by atoms with Gasteiger partial charge in [-0.15, -0.1) is 11.3 Å². The van der Waals surface area contributed by atoms with E-state index in [0.29, 0.717) is 42.7 Å². The van der Waals surface area contributed by atoms with Crippen LogP contribution in [0.25, 0.3) is 0 Å². The van der Waals surface area contributed by atoms with Gasteiger partial charge in [-0.25, -0.2) is 4.79 Å². The molecule has 1 saturated heterocycles. The van der Waals surface area contributed by atoms with E-state index in [1.165, 1.54) is 39.4 Å². The number of thiophene rings is 1. The van der Waals surface area contributed by atoms with Gasteiger partial charge in [-0.1, -0.05) is 18.0 Å². The van der Waals surface area contributed by atoms with Gasteiger partial charge >= 0.3 is 6.03 Å². The number of nitrogens with one attached hydrogen (secondary N) is 4. The Labute approximate surface area is 261 Å². The average molecular weight is 641 g/mol. The van der Waals surface area contributed by atoms with Crippen LogP contribution >= 0.6 is 22.9 Å². The summed E-state index contributed by atoms with van der Waals surface area (Å²) in [5.41, 5.74) is 2.04. The van der Waals surface area contributed by atoms with Crippen LogP contribution in [-0.4, -0.2) is 63.9 Å². The highest BCUT2D eigenvalue weighted by atomic mass is 35.5. The molecule has 5 rings (SSSR count). The van der Waals surface area contributed by atoms with Gasteiger partial charge in [0.25, 0.3) is 17.7 Å². The molecule has 2 aromatic rings. The molecule has 13 nitrogen and oxygen atoms in total. The summed E-state index contributed by atoms with van der Waals surface area (Å²) >= 11 is 7.67. The Kier molecular flexibility index (Phi) is 9.40. The monoisotopic (exact) mass is 640 g/mol. The molecule has 1 atom stereocenters. The van der Waals surface area contributed by atoms with Crippen molar-refractivity contribution in [3.8, 4) is 0 Å². The number of halogens is 1. The van der Waals surface area contributed by atoms with Crippen molar-refractivity contribution in [1.29, 1.82) is 0 Å². The van der Waals surface area contributed by atoms with E-state index in [0.717, 1.165) is 10.4 Å². The third-order valence-corrected chi connectivity index (χ3v) is 8.82. The van der Waals surface area contributed by atoms with E-state index in [1.54, 1.807) is 17.5 Å². The topological polar surface area (TPSA) is 174 Å². The van der Waals surface area contributed by atoms with Crippen molar-refractivity contribution in [2.75, 3.05) is 17.2 Å². The fourth-order valence-corrected chi connectivity index (χ4v) is 6.38. The summed E-state index contributed by atoms with van der Waals surface area (Å²) in [5.74, 6) is -1.97. The number of amides is 8. The lowest BCUT2D eigenvalue weighted by molar-refractivity contribution is -0.138. The molecule has 4 N–H and O–H groups in total. The highest BCUT2D eigenvalue weighted by Gasteiger charge is 2.40. The number of imide groups is 2. The van der Waals surface area contributed by atoms with Crippen molar-refractivity contribution >= 4 is 75.8 Å². The number of rotatable bonds is 11. The first-order valence-electron chi connectivity index (χ1n) is 14.0. The Balaban J connectivity index is 1.05. The predicted octanol–water partition coefficient (Wildman–Crippen LogP) is 2.91. The van der Waals surface area contributed by atoms with Crippen molar-refractivity contribution < 1.29 is 33.6 Å². The first-order valence-corrected chi connectivity index (χ1v) is 15.3.